The molecule has 1 heterocycles. The molecule has 1 aromatic rings. The van der Waals surface area contributed by atoms with Gasteiger partial charge in [0.25, 0.3) is 0 Å². The topological polar surface area (TPSA) is 56.4 Å². The van der Waals surface area contributed by atoms with Crippen molar-refractivity contribution in [2.45, 2.75) is 45.3 Å². The van der Waals surface area contributed by atoms with Crippen LogP contribution in [0.2, 0.25) is 0 Å². The van der Waals surface area contributed by atoms with Gasteiger partial charge in [-0.15, -0.1) is 0 Å². The monoisotopic (exact) mass is 382 g/mol. The van der Waals surface area contributed by atoms with Crippen molar-refractivity contribution in [3.8, 4) is 0 Å². The van der Waals surface area contributed by atoms with Gasteiger partial charge in [-0.05, 0) is 44.5 Å². The largest absolute Gasteiger partial charge is 0.353 e. The first-order chi connectivity index (χ1) is 11.0. The molecule has 1 amide bonds. The molecule has 1 aliphatic heterocycles. The zero-order valence-electron chi connectivity index (χ0n) is 14.1. The quantitative estimate of drug-likeness (QED) is 0.676. The van der Waals surface area contributed by atoms with Crippen LogP contribution in [0, 0.1) is 0 Å². The molecule has 1 aliphatic rings. The lowest BCUT2D eigenvalue weighted by atomic mass is 10.0. The van der Waals surface area contributed by atoms with Crippen LogP contribution in [0.3, 0.4) is 0 Å². The second-order valence-electron chi connectivity index (χ2n) is 6.19. The number of nitrogens with zero attached hydrogens (tertiary/aromatic N) is 1. The lowest BCUT2D eigenvalue weighted by Crippen LogP contribution is -2.46. The van der Waals surface area contributed by atoms with Crippen molar-refractivity contribution < 1.29 is 4.79 Å². The van der Waals surface area contributed by atoms with Crippen molar-refractivity contribution >= 4 is 21.8 Å². The fourth-order valence-electron chi connectivity index (χ4n) is 2.87. The normalized spacial score (nSPS) is 21.1. The standard InChI is InChI=1S/C17H27BrN4O/c1-4-22(12(2)3)10-9-19-17(23)16-11-15(20-21-16)13-5-7-14(18)8-6-13/h5-8,12,15-16,20-21H,4,9-11H2,1-3H3,(H,19,23). The second-order valence-corrected chi connectivity index (χ2v) is 7.11. The molecule has 5 nitrogen and oxygen atoms in total. The Balaban J connectivity index is 1.77. The van der Waals surface area contributed by atoms with Crippen molar-refractivity contribution in [1.82, 2.24) is 21.1 Å². The van der Waals surface area contributed by atoms with Crippen LogP contribution in [0.1, 0.15) is 38.8 Å². The predicted molar refractivity (Wildman–Crippen MR) is 97.0 cm³/mol. The second kappa shape index (κ2) is 8.78. The van der Waals surface area contributed by atoms with E-state index in [2.05, 4.69) is 69.9 Å². The third-order valence-electron chi connectivity index (χ3n) is 4.33. The van der Waals surface area contributed by atoms with Gasteiger partial charge in [0, 0.05) is 29.6 Å². The van der Waals surface area contributed by atoms with E-state index in [0.29, 0.717) is 12.6 Å². The summed E-state index contributed by atoms with van der Waals surface area (Å²) in [5.74, 6) is 0.0666. The number of hydrazine groups is 1. The van der Waals surface area contributed by atoms with E-state index < -0.39 is 0 Å². The zero-order chi connectivity index (χ0) is 16.8. The molecule has 3 N–H and O–H groups in total. The van der Waals surface area contributed by atoms with E-state index in [4.69, 9.17) is 0 Å². The van der Waals surface area contributed by atoms with Gasteiger partial charge in [0.2, 0.25) is 5.91 Å². The van der Waals surface area contributed by atoms with Crippen LogP contribution in [0.5, 0.6) is 0 Å². The van der Waals surface area contributed by atoms with Crippen molar-refractivity contribution in [3.05, 3.63) is 34.3 Å². The summed E-state index contributed by atoms with van der Waals surface area (Å²) in [6.45, 7) is 9.07. The molecule has 2 rings (SSSR count). The van der Waals surface area contributed by atoms with Gasteiger partial charge in [0.05, 0.1) is 0 Å². The maximum Gasteiger partial charge on any atom is 0.238 e. The van der Waals surface area contributed by atoms with E-state index in [9.17, 15) is 4.79 Å². The molecule has 1 aromatic carbocycles. The van der Waals surface area contributed by atoms with Crippen LogP contribution in [-0.4, -0.2) is 42.5 Å². The zero-order valence-corrected chi connectivity index (χ0v) is 15.7. The molecule has 1 fully saturated rings. The van der Waals surface area contributed by atoms with Gasteiger partial charge in [-0.2, -0.15) is 0 Å². The highest BCUT2D eigenvalue weighted by atomic mass is 79.9. The molecule has 1 saturated heterocycles. The van der Waals surface area contributed by atoms with Crippen LogP contribution in [0.15, 0.2) is 28.7 Å². The Hall–Kier alpha value is -0.950. The number of carbonyl (C=O) groups is 1. The Bertz CT molecular complexity index is 506. The first-order valence-corrected chi connectivity index (χ1v) is 9.08. The summed E-state index contributed by atoms with van der Waals surface area (Å²) in [5, 5.41) is 3.03. The minimum absolute atomic E-state index is 0.0666. The summed E-state index contributed by atoms with van der Waals surface area (Å²) < 4.78 is 1.06. The fourth-order valence-corrected chi connectivity index (χ4v) is 3.13. The summed E-state index contributed by atoms with van der Waals surface area (Å²) in [4.78, 5) is 14.6. The van der Waals surface area contributed by atoms with E-state index in [-0.39, 0.29) is 18.0 Å². The molecule has 0 spiro atoms. The predicted octanol–water partition coefficient (Wildman–Crippen LogP) is 2.20. The molecule has 128 valence electrons. The summed E-state index contributed by atoms with van der Waals surface area (Å²) in [6.07, 6.45) is 0.759. The number of hydrogen-bond acceptors (Lipinski definition) is 4. The van der Waals surface area contributed by atoms with Crippen LogP contribution in [0.25, 0.3) is 0 Å². The molecule has 23 heavy (non-hydrogen) atoms. The highest BCUT2D eigenvalue weighted by molar-refractivity contribution is 9.10. The summed E-state index contributed by atoms with van der Waals surface area (Å²) in [5.41, 5.74) is 7.51. The van der Waals surface area contributed by atoms with E-state index in [1.165, 1.54) is 5.56 Å². The average Bonchev–Trinajstić information content (AvgIpc) is 3.01. The number of nitrogens with one attached hydrogen (secondary N) is 3. The molecule has 0 bridgehead atoms. The Morgan fingerprint density at radius 1 is 1.35 bits per heavy atom. The average molecular weight is 383 g/mol. The smallest absolute Gasteiger partial charge is 0.238 e. The highest BCUT2D eigenvalue weighted by Crippen LogP contribution is 2.23. The van der Waals surface area contributed by atoms with Crippen molar-refractivity contribution in [1.29, 1.82) is 0 Å². The molecular weight excluding hydrogens is 356 g/mol. The first-order valence-electron chi connectivity index (χ1n) is 8.29. The summed E-state index contributed by atoms with van der Waals surface area (Å²) in [7, 11) is 0. The molecule has 0 aromatic heterocycles. The van der Waals surface area contributed by atoms with Crippen molar-refractivity contribution in [2.75, 3.05) is 19.6 Å². The molecule has 0 radical (unpaired) electrons. The third-order valence-corrected chi connectivity index (χ3v) is 4.86. The van der Waals surface area contributed by atoms with Gasteiger partial charge in [0.1, 0.15) is 6.04 Å². The van der Waals surface area contributed by atoms with Crippen LogP contribution < -0.4 is 16.2 Å². The van der Waals surface area contributed by atoms with Gasteiger partial charge >= 0.3 is 0 Å². The number of benzene rings is 1. The van der Waals surface area contributed by atoms with E-state index in [1.807, 2.05) is 12.1 Å². The lowest BCUT2D eigenvalue weighted by molar-refractivity contribution is -0.122. The number of halogens is 1. The van der Waals surface area contributed by atoms with Gasteiger partial charge < -0.3 is 5.32 Å². The maximum absolute atomic E-state index is 12.3. The Morgan fingerprint density at radius 3 is 2.65 bits per heavy atom. The minimum atomic E-state index is -0.183. The Labute approximate surface area is 147 Å². The molecule has 6 heteroatoms. The number of hydrogen-bond donors (Lipinski definition) is 3. The lowest BCUT2D eigenvalue weighted by Gasteiger charge is -2.24. The van der Waals surface area contributed by atoms with E-state index in [0.717, 1.165) is 24.0 Å². The highest BCUT2D eigenvalue weighted by Gasteiger charge is 2.29. The number of likely N-dealkylation sites (N-methyl/N-ethyl adjacent to an activating group) is 1. The third kappa shape index (κ3) is 5.28. The van der Waals surface area contributed by atoms with Crippen molar-refractivity contribution in [3.63, 3.8) is 0 Å². The molecule has 2 atom stereocenters. The Kier molecular flexibility index (Phi) is 7.02. The maximum atomic E-state index is 12.3. The number of amides is 1. The minimum Gasteiger partial charge on any atom is -0.353 e. The molecular formula is C17H27BrN4O. The number of carbonyl (C=O) groups excluding carboxylic acids is 1. The fraction of sp³-hybridized carbons (Fsp3) is 0.588. The Morgan fingerprint density at radius 2 is 2.04 bits per heavy atom. The van der Waals surface area contributed by atoms with E-state index in [1.54, 1.807) is 0 Å². The van der Waals surface area contributed by atoms with Crippen molar-refractivity contribution in [2.24, 2.45) is 0 Å². The van der Waals surface area contributed by atoms with Crippen LogP contribution in [0.4, 0.5) is 0 Å². The molecule has 2 unspecified atom stereocenters. The first kappa shape index (κ1) is 18.4. The number of rotatable bonds is 7. The van der Waals surface area contributed by atoms with Crippen LogP contribution >= 0.6 is 15.9 Å². The van der Waals surface area contributed by atoms with Gasteiger partial charge in [-0.3, -0.25) is 9.69 Å². The van der Waals surface area contributed by atoms with Gasteiger partial charge in [-0.1, -0.05) is 35.0 Å². The van der Waals surface area contributed by atoms with Crippen LogP contribution in [-0.2, 0) is 4.79 Å². The molecule has 0 aliphatic carbocycles. The van der Waals surface area contributed by atoms with Gasteiger partial charge in [0.15, 0.2) is 0 Å². The summed E-state index contributed by atoms with van der Waals surface area (Å²) in [6, 6.07) is 8.69. The SMILES string of the molecule is CCN(CCNC(=O)C1CC(c2ccc(Br)cc2)NN1)C(C)C. The van der Waals surface area contributed by atoms with Gasteiger partial charge in [-0.25, -0.2) is 10.9 Å². The summed E-state index contributed by atoms with van der Waals surface area (Å²) >= 11 is 3.44. The van der Waals surface area contributed by atoms with E-state index >= 15 is 0 Å². The molecule has 0 saturated carbocycles.